The molecule has 3 rings (SSSR count). The van der Waals surface area contributed by atoms with Gasteiger partial charge in [-0.25, -0.2) is 4.98 Å². The standard InChI is InChI=1S/C16H14N2O/c1-10-4-3-5-11(2)15(10)16-17-13-7-6-12(9-19)8-14(13)18-16/h3-9H,1-2H3,(H,17,18). The van der Waals surface area contributed by atoms with Crippen molar-refractivity contribution in [3.63, 3.8) is 0 Å². The topological polar surface area (TPSA) is 45.8 Å². The summed E-state index contributed by atoms with van der Waals surface area (Å²) in [5.74, 6) is 0.855. The molecule has 0 spiro atoms. The predicted molar refractivity (Wildman–Crippen MR) is 76.4 cm³/mol. The number of aldehydes is 1. The lowest BCUT2D eigenvalue weighted by molar-refractivity contribution is 0.112. The van der Waals surface area contributed by atoms with Crippen molar-refractivity contribution in [1.29, 1.82) is 0 Å². The van der Waals surface area contributed by atoms with Crippen LogP contribution >= 0.6 is 0 Å². The number of nitrogens with one attached hydrogen (secondary N) is 1. The number of fused-ring (bicyclic) bond motifs is 1. The summed E-state index contributed by atoms with van der Waals surface area (Å²) in [6.07, 6.45) is 0.846. The molecule has 1 heterocycles. The third-order valence-corrected chi connectivity index (χ3v) is 3.36. The number of benzene rings is 2. The molecule has 0 unspecified atom stereocenters. The van der Waals surface area contributed by atoms with E-state index in [0.29, 0.717) is 5.56 Å². The van der Waals surface area contributed by atoms with Gasteiger partial charge in [0.05, 0.1) is 11.0 Å². The average molecular weight is 250 g/mol. The number of hydrogen-bond acceptors (Lipinski definition) is 2. The van der Waals surface area contributed by atoms with E-state index < -0.39 is 0 Å². The van der Waals surface area contributed by atoms with Crippen LogP contribution in [-0.2, 0) is 0 Å². The van der Waals surface area contributed by atoms with Crippen LogP contribution in [0.4, 0.5) is 0 Å². The quantitative estimate of drug-likeness (QED) is 0.705. The number of nitrogens with zero attached hydrogens (tertiary/aromatic N) is 1. The largest absolute Gasteiger partial charge is 0.338 e. The van der Waals surface area contributed by atoms with Gasteiger partial charge in [0.2, 0.25) is 0 Å². The highest BCUT2D eigenvalue weighted by atomic mass is 16.1. The van der Waals surface area contributed by atoms with Crippen molar-refractivity contribution in [2.75, 3.05) is 0 Å². The fourth-order valence-electron chi connectivity index (χ4n) is 2.41. The number of rotatable bonds is 2. The Bertz CT molecular complexity index is 751. The van der Waals surface area contributed by atoms with Gasteiger partial charge in [-0.05, 0) is 43.2 Å². The molecule has 1 aromatic heterocycles. The molecule has 2 aromatic carbocycles. The van der Waals surface area contributed by atoms with Gasteiger partial charge in [0.15, 0.2) is 0 Å². The van der Waals surface area contributed by atoms with E-state index in [9.17, 15) is 4.79 Å². The number of imidazole rings is 1. The predicted octanol–water partition coefficient (Wildman–Crippen LogP) is 3.66. The minimum atomic E-state index is 0.657. The van der Waals surface area contributed by atoms with Gasteiger partial charge in [-0.2, -0.15) is 0 Å². The Balaban J connectivity index is 2.23. The second-order valence-corrected chi connectivity index (χ2v) is 4.75. The van der Waals surface area contributed by atoms with Crippen LogP contribution in [0.25, 0.3) is 22.4 Å². The number of aromatic nitrogens is 2. The fourth-order valence-corrected chi connectivity index (χ4v) is 2.41. The highest BCUT2D eigenvalue weighted by molar-refractivity contribution is 5.87. The zero-order chi connectivity index (χ0) is 13.4. The summed E-state index contributed by atoms with van der Waals surface area (Å²) in [5.41, 5.74) is 5.94. The van der Waals surface area contributed by atoms with Gasteiger partial charge in [0.25, 0.3) is 0 Å². The second kappa shape index (κ2) is 4.35. The summed E-state index contributed by atoms with van der Waals surface area (Å²) in [4.78, 5) is 18.7. The first kappa shape index (κ1) is 11.7. The first-order valence-corrected chi connectivity index (χ1v) is 6.20. The molecular weight excluding hydrogens is 236 g/mol. The molecule has 0 saturated heterocycles. The lowest BCUT2D eigenvalue weighted by atomic mass is 10.0. The van der Waals surface area contributed by atoms with Crippen molar-refractivity contribution in [3.05, 3.63) is 53.1 Å². The van der Waals surface area contributed by atoms with Crippen LogP contribution in [0.2, 0.25) is 0 Å². The molecule has 3 heteroatoms. The van der Waals surface area contributed by atoms with Crippen LogP contribution in [0, 0.1) is 13.8 Å². The van der Waals surface area contributed by atoms with E-state index in [1.807, 2.05) is 18.2 Å². The van der Waals surface area contributed by atoms with E-state index in [4.69, 9.17) is 0 Å². The van der Waals surface area contributed by atoms with Gasteiger partial charge < -0.3 is 4.98 Å². The molecule has 0 amide bonds. The normalized spacial score (nSPS) is 10.8. The SMILES string of the molecule is Cc1cccc(C)c1-c1nc2ccc(C=O)cc2[nH]1. The lowest BCUT2D eigenvalue weighted by Gasteiger charge is -2.05. The van der Waals surface area contributed by atoms with Crippen LogP contribution < -0.4 is 0 Å². The maximum absolute atomic E-state index is 10.8. The van der Waals surface area contributed by atoms with Crippen molar-refractivity contribution in [2.24, 2.45) is 0 Å². The average Bonchev–Trinajstić information content (AvgIpc) is 2.80. The van der Waals surface area contributed by atoms with Gasteiger partial charge in [0, 0.05) is 11.1 Å². The molecule has 0 aliphatic rings. The molecule has 0 radical (unpaired) electrons. The van der Waals surface area contributed by atoms with E-state index in [2.05, 4.69) is 35.9 Å². The van der Waals surface area contributed by atoms with Crippen LogP contribution in [0.1, 0.15) is 21.5 Å². The molecule has 1 N–H and O–H groups in total. The van der Waals surface area contributed by atoms with Crippen molar-refractivity contribution < 1.29 is 4.79 Å². The molecule has 3 aromatic rings. The Morgan fingerprint density at radius 1 is 1.11 bits per heavy atom. The fraction of sp³-hybridized carbons (Fsp3) is 0.125. The lowest BCUT2D eigenvalue weighted by Crippen LogP contribution is -1.89. The molecule has 0 aliphatic carbocycles. The second-order valence-electron chi connectivity index (χ2n) is 4.75. The van der Waals surface area contributed by atoms with Gasteiger partial charge in [-0.1, -0.05) is 18.2 Å². The van der Waals surface area contributed by atoms with Crippen molar-refractivity contribution >= 4 is 17.3 Å². The minimum Gasteiger partial charge on any atom is -0.338 e. The maximum Gasteiger partial charge on any atom is 0.150 e. The Labute approximate surface area is 111 Å². The summed E-state index contributed by atoms with van der Waals surface area (Å²) >= 11 is 0. The van der Waals surface area contributed by atoms with E-state index in [1.54, 1.807) is 6.07 Å². The van der Waals surface area contributed by atoms with Crippen LogP contribution in [-0.4, -0.2) is 16.3 Å². The third kappa shape index (κ3) is 1.93. The maximum atomic E-state index is 10.8. The molecule has 19 heavy (non-hydrogen) atoms. The molecule has 0 atom stereocenters. The molecule has 3 nitrogen and oxygen atoms in total. The first-order valence-electron chi connectivity index (χ1n) is 6.20. The van der Waals surface area contributed by atoms with E-state index in [1.165, 1.54) is 11.1 Å². The molecule has 0 saturated carbocycles. The van der Waals surface area contributed by atoms with Crippen LogP contribution in [0.3, 0.4) is 0 Å². The number of aromatic amines is 1. The zero-order valence-electron chi connectivity index (χ0n) is 10.9. The zero-order valence-corrected chi connectivity index (χ0v) is 10.9. The smallest absolute Gasteiger partial charge is 0.150 e. The van der Waals surface area contributed by atoms with E-state index >= 15 is 0 Å². The number of hydrogen-bond donors (Lipinski definition) is 1. The van der Waals surface area contributed by atoms with Crippen molar-refractivity contribution in [3.8, 4) is 11.4 Å². The highest BCUT2D eigenvalue weighted by Gasteiger charge is 2.10. The van der Waals surface area contributed by atoms with Gasteiger partial charge in [-0.3, -0.25) is 4.79 Å². The summed E-state index contributed by atoms with van der Waals surface area (Å²) in [7, 11) is 0. The Kier molecular flexibility index (Phi) is 2.67. The Morgan fingerprint density at radius 3 is 2.53 bits per heavy atom. The highest BCUT2D eigenvalue weighted by Crippen LogP contribution is 2.26. The van der Waals surface area contributed by atoms with Crippen LogP contribution in [0.15, 0.2) is 36.4 Å². The third-order valence-electron chi connectivity index (χ3n) is 3.36. The molecular formula is C16H14N2O. The first-order chi connectivity index (χ1) is 9.19. The minimum absolute atomic E-state index is 0.657. The van der Waals surface area contributed by atoms with Gasteiger partial charge >= 0.3 is 0 Å². The van der Waals surface area contributed by atoms with E-state index in [0.717, 1.165) is 28.7 Å². The molecule has 0 fully saturated rings. The van der Waals surface area contributed by atoms with Gasteiger partial charge in [0.1, 0.15) is 12.1 Å². The summed E-state index contributed by atoms with van der Waals surface area (Å²) in [6, 6.07) is 11.7. The number of carbonyl (C=O) groups is 1. The van der Waals surface area contributed by atoms with Crippen molar-refractivity contribution in [1.82, 2.24) is 9.97 Å². The summed E-state index contributed by atoms with van der Waals surface area (Å²) < 4.78 is 0. The van der Waals surface area contributed by atoms with Crippen molar-refractivity contribution in [2.45, 2.75) is 13.8 Å². The Hall–Kier alpha value is -2.42. The Morgan fingerprint density at radius 2 is 1.84 bits per heavy atom. The van der Waals surface area contributed by atoms with E-state index in [-0.39, 0.29) is 0 Å². The number of aryl methyl sites for hydroxylation is 2. The van der Waals surface area contributed by atoms with Gasteiger partial charge in [-0.15, -0.1) is 0 Å². The number of H-pyrrole nitrogens is 1. The molecule has 0 aliphatic heterocycles. The molecule has 0 bridgehead atoms. The van der Waals surface area contributed by atoms with Crippen LogP contribution in [0.5, 0.6) is 0 Å². The summed E-state index contributed by atoms with van der Waals surface area (Å²) in [5, 5.41) is 0. The summed E-state index contributed by atoms with van der Waals surface area (Å²) in [6.45, 7) is 4.15. The molecule has 94 valence electrons. The monoisotopic (exact) mass is 250 g/mol. The number of carbonyl (C=O) groups excluding carboxylic acids is 1.